The molecule has 8 heavy (non-hydrogen) atoms. The number of hydrogen-bond acceptors (Lipinski definition) is 0. The lowest BCUT2D eigenvalue weighted by atomic mass is 10.2. The lowest BCUT2D eigenvalue weighted by Crippen LogP contribution is -1.69. The van der Waals surface area contributed by atoms with Crippen molar-refractivity contribution in [1.82, 2.24) is 0 Å². The first-order valence-electron chi connectivity index (χ1n) is 2.66. The molecule has 0 saturated carbocycles. The van der Waals surface area contributed by atoms with Gasteiger partial charge in [0.1, 0.15) is 0 Å². The van der Waals surface area contributed by atoms with Crippen LogP contribution in [0.1, 0.15) is 13.3 Å². The second-order valence-electron chi connectivity index (χ2n) is 1.63. The fraction of sp³-hybridized carbons (Fsp3) is 0.429. The molecule has 46 valence electrons. The van der Waals surface area contributed by atoms with Gasteiger partial charge >= 0.3 is 0 Å². The third-order valence-electron chi connectivity index (χ3n) is 0.897. The van der Waals surface area contributed by atoms with E-state index in [0.29, 0.717) is 0 Å². The Bertz CT molecular complexity index is 92.6. The molecule has 0 nitrogen and oxygen atoms in total. The molecule has 0 radical (unpaired) electrons. The molecule has 0 aliphatic rings. The van der Waals surface area contributed by atoms with E-state index in [2.05, 4.69) is 42.2 Å². The molecule has 0 bridgehead atoms. The van der Waals surface area contributed by atoms with E-state index >= 15 is 0 Å². The summed E-state index contributed by atoms with van der Waals surface area (Å²) in [4.78, 5) is 0. The molecule has 0 saturated heterocycles. The average Bonchev–Trinajstić information content (AvgIpc) is 1.83. The van der Waals surface area contributed by atoms with Crippen molar-refractivity contribution in [3.8, 4) is 0 Å². The topological polar surface area (TPSA) is 0 Å². The summed E-state index contributed by atoms with van der Waals surface area (Å²) in [5, 5.41) is 0. The van der Waals surface area contributed by atoms with Gasteiger partial charge in [0, 0.05) is 4.43 Å². The Morgan fingerprint density at radius 3 is 2.75 bits per heavy atom. The zero-order valence-electron chi connectivity index (χ0n) is 5.15. The Morgan fingerprint density at radius 2 is 2.38 bits per heavy atom. The summed E-state index contributed by atoms with van der Waals surface area (Å²) >= 11 is 2.36. The molecule has 0 aliphatic heterocycles. The highest BCUT2D eigenvalue weighted by atomic mass is 127. The van der Waals surface area contributed by atoms with Crippen molar-refractivity contribution in [2.75, 3.05) is 4.43 Å². The van der Waals surface area contributed by atoms with Gasteiger partial charge < -0.3 is 0 Å². The average molecular weight is 222 g/mol. The molecule has 0 heterocycles. The molecular formula is C7H11I. The Balaban J connectivity index is 3.40. The van der Waals surface area contributed by atoms with Gasteiger partial charge in [0.25, 0.3) is 0 Å². The summed E-state index contributed by atoms with van der Waals surface area (Å²) in [6, 6.07) is 0. The number of alkyl halides is 1. The van der Waals surface area contributed by atoms with E-state index < -0.39 is 0 Å². The van der Waals surface area contributed by atoms with Crippen LogP contribution in [-0.4, -0.2) is 4.43 Å². The Hall–Kier alpha value is 0.210. The number of rotatable bonds is 3. The van der Waals surface area contributed by atoms with E-state index in [1.807, 2.05) is 6.08 Å². The van der Waals surface area contributed by atoms with E-state index in [0.717, 1.165) is 0 Å². The maximum absolute atomic E-state index is 3.64. The SMILES string of the molecule is C=C/C(C)=C/CCI. The van der Waals surface area contributed by atoms with Gasteiger partial charge in [-0.1, -0.05) is 46.9 Å². The smallest absolute Gasteiger partial charge is 0.00301 e. The summed E-state index contributed by atoms with van der Waals surface area (Å²) in [7, 11) is 0. The Labute approximate surface area is 64.8 Å². The molecule has 0 N–H and O–H groups in total. The van der Waals surface area contributed by atoms with Gasteiger partial charge in [-0.15, -0.1) is 0 Å². The molecular weight excluding hydrogens is 211 g/mol. The fourth-order valence-electron chi connectivity index (χ4n) is 0.366. The third-order valence-corrected chi connectivity index (χ3v) is 1.52. The van der Waals surface area contributed by atoms with Crippen LogP contribution < -0.4 is 0 Å². The van der Waals surface area contributed by atoms with Gasteiger partial charge in [0.15, 0.2) is 0 Å². The van der Waals surface area contributed by atoms with E-state index in [-0.39, 0.29) is 0 Å². The standard InChI is InChI=1S/C7H11I/c1-3-7(2)5-4-6-8/h3,5H,1,4,6H2,2H3/b7-5+. The minimum absolute atomic E-state index is 1.17. The molecule has 0 aromatic carbocycles. The summed E-state index contributed by atoms with van der Waals surface area (Å²) in [6.45, 7) is 5.71. The van der Waals surface area contributed by atoms with Gasteiger partial charge in [0.2, 0.25) is 0 Å². The van der Waals surface area contributed by atoms with Crippen LogP contribution in [0.25, 0.3) is 0 Å². The zero-order valence-corrected chi connectivity index (χ0v) is 7.31. The number of halogens is 1. The van der Waals surface area contributed by atoms with Crippen molar-refractivity contribution in [2.45, 2.75) is 13.3 Å². The first-order valence-corrected chi connectivity index (χ1v) is 4.19. The first kappa shape index (κ1) is 8.21. The molecule has 0 atom stereocenters. The van der Waals surface area contributed by atoms with Crippen LogP contribution in [0.15, 0.2) is 24.3 Å². The van der Waals surface area contributed by atoms with Crippen molar-refractivity contribution in [2.24, 2.45) is 0 Å². The first-order chi connectivity index (χ1) is 3.81. The van der Waals surface area contributed by atoms with Crippen LogP contribution in [0.2, 0.25) is 0 Å². The van der Waals surface area contributed by atoms with E-state index in [9.17, 15) is 0 Å². The van der Waals surface area contributed by atoms with Crippen LogP contribution in [-0.2, 0) is 0 Å². The van der Waals surface area contributed by atoms with Gasteiger partial charge in [0.05, 0.1) is 0 Å². The van der Waals surface area contributed by atoms with Crippen molar-refractivity contribution >= 4 is 22.6 Å². The minimum atomic E-state index is 1.17. The van der Waals surface area contributed by atoms with Crippen molar-refractivity contribution < 1.29 is 0 Å². The second kappa shape index (κ2) is 5.35. The Morgan fingerprint density at radius 1 is 1.75 bits per heavy atom. The molecule has 0 fully saturated rings. The normalized spacial score (nSPS) is 11.5. The highest BCUT2D eigenvalue weighted by Crippen LogP contribution is 1.97. The predicted octanol–water partition coefficient (Wildman–Crippen LogP) is 2.94. The summed E-state index contributed by atoms with van der Waals surface area (Å²) in [5.74, 6) is 0. The number of allylic oxidation sites excluding steroid dienone is 3. The highest BCUT2D eigenvalue weighted by Gasteiger charge is 1.77. The van der Waals surface area contributed by atoms with Crippen molar-refractivity contribution in [3.63, 3.8) is 0 Å². The molecule has 0 spiro atoms. The van der Waals surface area contributed by atoms with Gasteiger partial charge in [-0.05, 0) is 13.3 Å². The lowest BCUT2D eigenvalue weighted by molar-refractivity contribution is 1.24. The molecule has 0 amide bonds. The third kappa shape index (κ3) is 4.37. The van der Waals surface area contributed by atoms with Gasteiger partial charge in [-0.25, -0.2) is 0 Å². The van der Waals surface area contributed by atoms with Crippen LogP contribution in [0, 0.1) is 0 Å². The maximum atomic E-state index is 3.64. The lowest BCUT2D eigenvalue weighted by Gasteiger charge is -1.86. The van der Waals surface area contributed by atoms with Crippen LogP contribution in [0.3, 0.4) is 0 Å². The molecule has 0 rings (SSSR count). The van der Waals surface area contributed by atoms with Crippen LogP contribution in [0.5, 0.6) is 0 Å². The second-order valence-corrected chi connectivity index (χ2v) is 2.71. The summed E-state index contributed by atoms with van der Waals surface area (Å²) < 4.78 is 1.20. The molecule has 0 aromatic rings. The van der Waals surface area contributed by atoms with Crippen molar-refractivity contribution in [1.29, 1.82) is 0 Å². The predicted molar refractivity (Wildman–Crippen MR) is 47.5 cm³/mol. The molecule has 1 heteroatoms. The zero-order chi connectivity index (χ0) is 6.41. The van der Waals surface area contributed by atoms with E-state index in [1.54, 1.807) is 0 Å². The largest absolute Gasteiger partial charge is 0.0988 e. The Kier molecular flexibility index (Phi) is 5.49. The van der Waals surface area contributed by atoms with E-state index in [4.69, 9.17) is 0 Å². The summed E-state index contributed by atoms with van der Waals surface area (Å²) in [5.41, 5.74) is 1.28. The van der Waals surface area contributed by atoms with Gasteiger partial charge in [-0.2, -0.15) is 0 Å². The molecule has 0 aromatic heterocycles. The highest BCUT2D eigenvalue weighted by molar-refractivity contribution is 14.1. The monoisotopic (exact) mass is 222 g/mol. The fourth-order valence-corrected chi connectivity index (χ4v) is 0.677. The van der Waals surface area contributed by atoms with Crippen molar-refractivity contribution in [3.05, 3.63) is 24.3 Å². The summed E-state index contributed by atoms with van der Waals surface area (Å²) in [6.07, 6.45) is 5.24. The van der Waals surface area contributed by atoms with Crippen LogP contribution in [0.4, 0.5) is 0 Å². The quantitative estimate of drug-likeness (QED) is 0.391. The minimum Gasteiger partial charge on any atom is -0.0988 e. The van der Waals surface area contributed by atoms with Gasteiger partial charge in [-0.3, -0.25) is 0 Å². The van der Waals surface area contributed by atoms with E-state index in [1.165, 1.54) is 16.4 Å². The molecule has 0 unspecified atom stereocenters. The molecule has 0 aliphatic carbocycles. The van der Waals surface area contributed by atoms with Crippen LogP contribution >= 0.6 is 22.6 Å². The number of hydrogen-bond donors (Lipinski definition) is 0. The maximum Gasteiger partial charge on any atom is 0.00301 e.